The number of carboxylic acid groups (broad SMARTS) is 1. The van der Waals surface area contributed by atoms with Crippen molar-refractivity contribution in [1.82, 2.24) is 0 Å². The molecule has 7 nitrogen and oxygen atoms in total. The molecule has 104 valence electrons. The molecule has 1 rings (SSSR count). The topological polar surface area (TPSA) is 121 Å². The third-order valence-corrected chi connectivity index (χ3v) is 3.51. The molecule has 1 atom stereocenters. The number of anilines is 1. The third-order valence-electron chi connectivity index (χ3n) is 2.17. The number of halogens is 1. The molecule has 0 radical (unpaired) electrons. The first-order valence-corrected chi connectivity index (χ1v) is 6.71. The highest BCUT2D eigenvalue weighted by Crippen LogP contribution is 2.25. The van der Waals surface area contributed by atoms with Crippen molar-refractivity contribution >= 4 is 39.2 Å². The van der Waals surface area contributed by atoms with Crippen LogP contribution in [-0.2, 0) is 19.7 Å². The van der Waals surface area contributed by atoms with Crippen LogP contribution in [0.5, 0.6) is 0 Å². The number of rotatable bonds is 5. The summed E-state index contributed by atoms with van der Waals surface area (Å²) in [4.78, 5) is 21.3. The number of ketones is 1. The summed E-state index contributed by atoms with van der Waals surface area (Å²) < 4.78 is 31.0. The lowest BCUT2D eigenvalue weighted by atomic mass is 10.2. The Kier molecular flexibility index (Phi) is 4.51. The molecule has 0 fully saturated rings. The SMILES string of the molecule is CC(=O)C(Nc1ccc(Cl)c(S(=O)(=O)O)c1)C(=O)O. The van der Waals surface area contributed by atoms with Crippen LogP contribution in [-0.4, -0.2) is 35.9 Å². The highest BCUT2D eigenvalue weighted by molar-refractivity contribution is 7.86. The summed E-state index contributed by atoms with van der Waals surface area (Å²) in [6, 6.07) is 1.87. The lowest BCUT2D eigenvalue weighted by molar-refractivity contribution is -0.140. The van der Waals surface area contributed by atoms with Gasteiger partial charge in [-0.1, -0.05) is 11.6 Å². The quantitative estimate of drug-likeness (QED) is 0.549. The number of nitrogens with one attached hydrogen (secondary N) is 1. The summed E-state index contributed by atoms with van der Waals surface area (Å²) in [5.41, 5.74) is 0.0274. The average Bonchev–Trinajstić information content (AvgIpc) is 2.25. The molecule has 19 heavy (non-hydrogen) atoms. The van der Waals surface area contributed by atoms with Gasteiger partial charge >= 0.3 is 5.97 Å². The van der Waals surface area contributed by atoms with Crippen LogP contribution in [0.2, 0.25) is 5.02 Å². The van der Waals surface area contributed by atoms with E-state index in [0.29, 0.717) is 0 Å². The van der Waals surface area contributed by atoms with Crippen LogP contribution < -0.4 is 5.32 Å². The number of aliphatic carboxylic acids is 1. The second-order valence-electron chi connectivity index (χ2n) is 3.65. The van der Waals surface area contributed by atoms with Gasteiger partial charge in [0.1, 0.15) is 4.90 Å². The standard InChI is InChI=1S/C10H10ClNO6S/c1-5(13)9(10(14)15)12-6-2-3-7(11)8(4-6)19(16,17)18/h2-4,9,12H,1H3,(H,14,15)(H,16,17,18). The summed E-state index contributed by atoms with van der Waals surface area (Å²) in [6.07, 6.45) is 0. The Balaban J connectivity index is 3.17. The monoisotopic (exact) mass is 307 g/mol. The minimum Gasteiger partial charge on any atom is -0.479 e. The van der Waals surface area contributed by atoms with E-state index in [-0.39, 0.29) is 10.7 Å². The first-order chi connectivity index (χ1) is 8.62. The van der Waals surface area contributed by atoms with Crippen LogP contribution in [0.15, 0.2) is 23.1 Å². The van der Waals surface area contributed by atoms with Gasteiger partial charge in [-0.2, -0.15) is 8.42 Å². The van der Waals surface area contributed by atoms with E-state index in [1.165, 1.54) is 6.07 Å². The van der Waals surface area contributed by atoms with Gasteiger partial charge < -0.3 is 10.4 Å². The molecule has 0 aliphatic heterocycles. The highest BCUT2D eigenvalue weighted by atomic mass is 35.5. The van der Waals surface area contributed by atoms with E-state index >= 15 is 0 Å². The zero-order valence-corrected chi connectivity index (χ0v) is 11.2. The van der Waals surface area contributed by atoms with E-state index in [1.807, 2.05) is 0 Å². The number of carbonyl (C=O) groups is 2. The summed E-state index contributed by atoms with van der Waals surface area (Å²) in [7, 11) is -4.54. The van der Waals surface area contributed by atoms with Crippen molar-refractivity contribution in [2.24, 2.45) is 0 Å². The van der Waals surface area contributed by atoms with E-state index in [0.717, 1.165) is 19.1 Å². The highest BCUT2D eigenvalue weighted by Gasteiger charge is 2.23. The maximum atomic E-state index is 11.1. The van der Waals surface area contributed by atoms with Crippen molar-refractivity contribution in [3.63, 3.8) is 0 Å². The minimum atomic E-state index is -4.54. The molecule has 0 heterocycles. The van der Waals surface area contributed by atoms with Gasteiger partial charge in [-0.3, -0.25) is 9.35 Å². The Morgan fingerprint density at radius 3 is 2.37 bits per heavy atom. The molecular formula is C10H10ClNO6S. The van der Waals surface area contributed by atoms with Crippen molar-refractivity contribution in [2.75, 3.05) is 5.32 Å². The van der Waals surface area contributed by atoms with Gasteiger partial charge in [0.2, 0.25) is 0 Å². The minimum absolute atomic E-state index is 0.0274. The maximum Gasteiger partial charge on any atom is 0.333 e. The first-order valence-electron chi connectivity index (χ1n) is 4.89. The molecule has 0 spiro atoms. The van der Waals surface area contributed by atoms with Crippen LogP contribution in [0.4, 0.5) is 5.69 Å². The first kappa shape index (κ1) is 15.4. The molecule has 1 unspecified atom stereocenters. The van der Waals surface area contributed by atoms with E-state index in [2.05, 4.69) is 5.32 Å². The predicted molar refractivity (Wildman–Crippen MR) is 67.0 cm³/mol. The Morgan fingerprint density at radius 1 is 1.37 bits per heavy atom. The van der Waals surface area contributed by atoms with Crippen LogP contribution in [0.3, 0.4) is 0 Å². The fourth-order valence-corrected chi connectivity index (χ4v) is 2.30. The van der Waals surface area contributed by atoms with Crippen molar-refractivity contribution in [2.45, 2.75) is 17.9 Å². The zero-order valence-electron chi connectivity index (χ0n) is 9.62. The van der Waals surface area contributed by atoms with Gasteiger partial charge in [-0.15, -0.1) is 0 Å². The lowest BCUT2D eigenvalue weighted by Crippen LogP contribution is -2.35. The fourth-order valence-electron chi connectivity index (χ4n) is 1.29. The molecule has 3 N–H and O–H groups in total. The number of Topliss-reactive ketones (excluding diaryl/α,β-unsaturated/α-hetero) is 1. The molecule has 0 bridgehead atoms. The molecule has 0 aliphatic carbocycles. The Bertz CT molecular complexity index is 613. The fraction of sp³-hybridized carbons (Fsp3) is 0.200. The number of carbonyl (C=O) groups excluding carboxylic acids is 1. The van der Waals surface area contributed by atoms with Gasteiger partial charge in [-0.05, 0) is 25.1 Å². The van der Waals surface area contributed by atoms with Crippen molar-refractivity contribution in [3.05, 3.63) is 23.2 Å². The number of hydrogen-bond donors (Lipinski definition) is 3. The maximum absolute atomic E-state index is 11.1. The second-order valence-corrected chi connectivity index (χ2v) is 5.44. The van der Waals surface area contributed by atoms with Crippen molar-refractivity contribution in [1.29, 1.82) is 0 Å². The summed E-state index contributed by atoms with van der Waals surface area (Å²) in [6.45, 7) is 1.07. The summed E-state index contributed by atoms with van der Waals surface area (Å²) in [5.74, 6) is -2.06. The summed E-state index contributed by atoms with van der Waals surface area (Å²) >= 11 is 5.59. The predicted octanol–water partition coefficient (Wildman–Crippen LogP) is 1.04. The third kappa shape index (κ3) is 3.91. The number of carboxylic acids is 1. The smallest absolute Gasteiger partial charge is 0.333 e. The molecule has 9 heteroatoms. The average molecular weight is 308 g/mol. The molecule has 1 aromatic carbocycles. The molecule has 0 saturated carbocycles. The molecule has 0 amide bonds. The van der Waals surface area contributed by atoms with Gasteiger partial charge in [0.15, 0.2) is 11.8 Å². The molecule has 0 saturated heterocycles. The Hall–Kier alpha value is -1.64. The zero-order chi connectivity index (χ0) is 14.8. The van der Waals surface area contributed by atoms with Gasteiger partial charge in [0.25, 0.3) is 10.1 Å². The van der Waals surface area contributed by atoms with Gasteiger partial charge in [-0.25, -0.2) is 4.79 Å². The number of benzene rings is 1. The van der Waals surface area contributed by atoms with Gasteiger partial charge in [0.05, 0.1) is 5.02 Å². The van der Waals surface area contributed by atoms with E-state index in [1.54, 1.807) is 0 Å². The van der Waals surface area contributed by atoms with E-state index in [4.69, 9.17) is 21.3 Å². The van der Waals surface area contributed by atoms with Crippen LogP contribution in [0.1, 0.15) is 6.92 Å². The summed E-state index contributed by atoms with van der Waals surface area (Å²) in [5, 5.41) is 10.9. The van der Waals surface area contributed by atoms with Crippen LogP contribution in [0, 0.1) is 0 Å². The van der Waals surface area contributed by atoms with Crippen molar-refractivity contribution in [3.8, 4) is 0 Å². The Morgan fingerprint density at radius 2 is 1.95 bits per heavy atom. The lowest BCUT2D eigenvalue weighted by Gasteiger charge is -2.13. The van der Waals surface area contributed by atoms with E-state index < -0.39 is 32.8 Å². The normalized spacial score (nSPS) is 12.8. The van der Waals surface area contributed by atoms with E-state index in [9.17, 15) is 18.0 Å². The molecule has 1 aromatic rings. The van der Waals surface area contributed by atoms with Crippen molar-refractivity contribution < 1.29 is 27.7 Å². The van der Waals surface area contributed by atoms with Crippen LogP contribution in [0.25, 0.3) is 0 Å². The van der Waals surface area contributed by atoms with Crippen LogP contribution >= 0.6 is 11.6 Å². The Labute approximate surface area is 113 Å². The largest absolute Gasteiger partial charge is 0.479 e. The molecule has 0 aliphatic rings. The molecule has 0 aromatic heterocycles. The number of hydrogen-bond acceptors (Lipinski definition) is 5. The second kappa shape index (κ2) is 5.55. The van der Waals surface area contributed by atoms with Gasteiger partial charge in [0, 0.05) is 5.69 Å². The molecular weight excluding hydrogens is 298 g/mol.